The molecule has 0 saturated heterocycles. The molecule has 4 heteroatoms. The van der Waals surface area contributed by atoms with Crippen molar-refractivity contribution < 1.29 is 9.84 Å². The average Bonchev–Trinajstić information content (AvgIpc) is 2.34. The van der Waals surface area contributed by atoms with Crippen LogP contribution in [0, 0.1) is 11.3 Å². The van der Waals surface area contributed by atoms with Crippen LogP contribution in [-0.2, 0) is 0 Å². The van der Waals surface area contributed by atoms with E-state index in [-0.39, 0.29) is 11.8 Å². The van der Waals surface area contributed by atoms with Crippen LogP contribution in [-0.4, -0.2) is 18.3 Å². The molecule has 0 aliphatic rings. The number of hydrogen-bond acceptors (Lipinski definition) is 4. The number of benzene rings is 1. The molecular formula is C13H18N2O2. The number of nitriles is 1. The van der Waals surface area contributed by atoms with Gasteiger partial charge in [0.05, 0.1) is 12.7 Å². The molecule has 1 rings (SSSR count). The Morgan fingerprint density at radius 3 is 2.82 bits per heavy atom. The molecule has 0 fully saturated rings. The molecule has 0 aromatic heterocycles. The summed E-state index contributed by atoms with van der Waals surface area (Å²) in [4.78, 5) is 0. The molecule has 0 bridgehead atoms. The van der Waals surface area contributed by atoms with E-state index in [9.17, 15) is 5.11 Å². The zero-order valence-electron chi connectivity index (χ0n) is 10.2. The van der Waals surface area contributed by atoms with E-state index in [0.29, 0.717) is 12.4 Å². The van der Waals surface area contributed by atoms with Gasteiger partial charge in [0.15, 0.2) is 11.5 Å². The minimum atomic E-state index is -0.366. The lowest BCUT2D eigenvalue weighted by molar-refractivity contribution is 0.317. The molecule has 0 amide bonds. The van der Waals surface area contributed by atoms with Crippen molar-refractivity contribution in [1.82, 2.24) is 5.32 Å². The maximum atomic E-state index is 9.57. The molecule has 0 saturated carbocycles. The van der Waals surface area contributed by atoms with Crippen LogP contribution < -0.4 is 10.1 Å². The second-order valence-electron chi connectivity index (χ2n) is 3.68. The first-order chi connectivity index (χ1) is 8.22. The van der Waals surface area contributed by atoms with Gasteiger partial charge in [0.1, 0.15) is 6.04 Å². The minimum absolute atomic E-state index is 0.0998. The SMILES string of the molecule is CCCNC(C#N)c1ccc(O)c(OCC)c1. The molecular weight excluding hydrogens is 216 g/mol. The average molecular weight is 234 g/mol. The normalized spacial score (nSPS) is 11.8. The quantitative estimate of drug-likeness (QED) is 0.793. The van der Waals surface area contributed by atoms with Crippen molar-refractivity contribution in [3.05, 3.63) is 23.8 Å². The fourth-order valence-electron chi connectivity index (χ4n) is 1.51. The molecule has 0 spiro atoms. The number of rotatable bonds is 6. The van der Waals surface area contributed by atoms with Crippen molar-refractivity contribution in [2.45, 2.75) is 26.3 Å². The predicted molar refractivity (Wildman–Crippen MR) is 65.9 cm³/mol. The summed E-state index contributed by atoms with van der Waals surface area (Å²) in [7, 11) is 0. The lowest BCUT2D eigenvalue weighted by Gasteiger charge is -2.13. The Kier molecular flexibility index (Phi) is 5.31. The summed E-state index contributed by atoms with van der Waals surface area (Å²) in [5, 5.41) is 21.8. The van der Waals surface area contributed by atoms with E-state index >= 15 is 0 Å². The van der Waals surface area contributed by atoms with Gasteiger partial charge in [0.2, 0.25) is 0 Å². The van der Waals surface area contributed by atoms with Crippen molar-refractivity contribution in [2.24, 2.45) is 0 Å². The summed E-state index contributed by atoms with van der Waals surface area (Å²) in [6.45, 7) is 5.16. The Morgan fingerprint density at radius 1 is 1.47 bits per heavy atom. The zero-order chi connectivity index (χ0) is 12.7. The van der Waals surface area contributed by atoms with Gasteiger partial charge in [-0.25, -0.2) is 0 Å². The van der Waals surface area contributed by atoms with Gasteiger partial charge >= 0.3 is 0 Å². The molecule has 0 heterocycles. The summed E-state index contributed by atoms with van der Waals surface area (Å²) in [5.74, 6) is 0.520. The Bertz CT molecular complexity index is 399. The highest BCUT2D eigenvalue weighted by atomic mass is 16.5. The molecule has 17 heavy (non-hydrogen) atoms. The highest BCUT2D eigenvalue weighted by Crippen LogP contribution is 2.29. The molecule has 0 aliphatic heterocycles. The van der Waals surface area contributed by atoms with Gasteiger partial charge in [-0.15, -0.1) is 0 Å². The van der Waals surface area contributed by atoms with E-state index in [2.05, 4.69) is 11.4 Å². The van der Waals surface area contributed by atoms with E-state index in [1.54, 1.807) is 18.2 Å². The predicted octanol–water partition coefficient (Wildman–Crippen LogP) is 2.36. The topological polar surface area (TPSA) is 65.3 Å². The number of nitrogens with one attached hydrogen (secondary N) is 1. The third-order valence-electron chi connectivity index (χ3n) is 2.34. The van der Waals surface area contributed by atoms with Crippen molar-refractivity contribution in [3.63, 3.8) is 0 Å². The molecule has 1 aromatic carbocycles. The molecule has 1 unspecified atom stereocenters. The van der Waals surface area contributed by atoms with Gasteiger partial charge in [0, 0.05) is 0 Å². The van der Waals surface area contributed by atoms with E-state index < -0.39 is 0 Å². The molecule has 0 aliphatic carbocycles. The Labute approximate surface area is 102 Å². The second kappa shape index (κ2) is 6.77. The van der Waals surface area contributed by atoms with Crippen LogP contribution in [0.5, 0.6) is 11.5 Å². The maximum absolute atomic E-state index is 9.57. The lowest BCUT2D eigenvalue weighted by atomic mass is 10.1. The van der Waals surface area contributed by atoms with Crippen molar-refractivity contribution in [2.75, 3.05) is 13.2 Å². The van der Waals surface area contributed by atoms with E-state index in [4.69, 9.17) is 10.00 Å². The first kappa shape index (κ1) is 13.3. The molecule has 1 aromatic rings. The third kappa shape index (κ3) is 3.65. The fraction of sp³-hybridized carbons (Fsp3) is 0.462. The van der Waals surface area contributed by atoms with Gasteiger partial charge in [-0.2, -0.15) is 5.26 Å². The standard InChI is InChI=1S/C13H18N2O2/c1-3-7-15-11(9-14)10-5-6-12(16)13(8-10)17-4-2/h5-6,8,11,15-16H,3-4,7H2,1-2H3. The molecule has 1 atom stereocenters. The summed E-state index contributed by atoms with van der Waals surface area (Å²) in [5.41, 5.74) is 0.808. The summed E-state index contributed by atoms with van der Waals surface area (Å²) >= 11 is 0. The van der Waals surface area contributed by atoms with Gasteiger partial charge in [0.25, 0.3) is 0 Å². The van der Waals surface area contributed by atoms with Crippen molar-refractivity contribution in [1.29, 1.82) is 5.26 Å². The summed E-state index contributed by atoms with van der Waals surface area (Å²) < 4.78 is 5.29. The maximum Gasteiger partial charge on any atom is 0.161 e. The Morgan fingerprint density at radius 2 is 2.24 bits per heavy atom. The lowest BCUT2D eigenvalue weighted by Crippen LogP contribution is -2.20. The van der Waals surface area contributed by atoms with Crippen LogP contribution in [0.15, 0.2) is 18.2 Å². The van der Waals surface area contributed by atoms with Crippen molar-refractivity contribution in [3.8, 4) is 17.6 Å². The second-order valence-corrected chi connectivity index (χ2v) is 3.68. The van der Waals surface area contributed by atoms with Crippen LogP contribution in [0.1, 0.15) is 31.9 Å². The Hall–Kier alpha value is -1.73. The van der Waals surface area contributed by atoms with Crippen molar-refractivity contribution >= 4 is 0 Å². The molecule has 2 N–H and O–H groups in total. The number of aromatic hydroxyl groups is 1. The third-order valence-corrected chi connectivity index (χ3v) is 2.34. The van der Waals surface area contributed by atoms with Gasteiger partial charge in [-0.3, -0.25) is 5.32 Å². The van der Waals surface area contributed by atoms with Crippen LogP contribution in [0.3, 0.4) is 0 Å². The molecule has 0 radical (unpaired) electrons. The molecule has 4 nitrogen and oxygen atoms in total. The largest absolute Gasteiger partial charge is 0.504 e. The first-order valence-corrected chi connectivity index (χ1v) is 5.81. The highest BCUT2D eigenvalue weighted by molar-refractivity contribution is 5.43. The number of phenols is 1. The Balaban J connectivity index is 2.89. The van der Waals surface area contributed by atoms with Crippen LogP contribution in [0.25, 0.3) is 0 Å². The van der Waals surface area contributed by atoms with Gasteiger partial charge in [-0.1, -0.05) is 13.0 Å². The van der Waals surface area contributed by atoms with Crippen LogP contribution in [0.4, 0.5) is 0 Å². The zero-order valence-corrected chi connectivity index (χ0v) is 10.2. The smallest absolute Gasteiger partial charge is 0.161 e. The monoisotopic (exact) mass is 234 g/mol. The number of phenolic OH excluding ortho intramolecular Hbond substituents is 1. The van der Waals surface area contributed by atoms with E-state index in [1.165, 1.54) is 0 Å². The number of ether oxygens (including phenoxy) is 1. The number of hydrogen-bond donors (Lipinski definition) is 2. The summed E-state index contributed by atoms with van der Waals surface area (Å²) in [6, 6.07) is 6.82. The fourth-order valence-corrected chi connectivity index (χ4v) is 1.51. The molecule has 92 valence electrons. The van der Waals surface area contributed by atoms with Crippen LogP contribution in [0.2, 0.25) is 0 Å². The van der Waals surface area contributed by atoms with Gasteiger partial charge < -0.3 is 9.84 Å². The van der Waals surface area contributed by atoms with E-state index in [1.807, 2.05) is 13.8 Å². The first-order valence-electron chi connectivity index (χ1n) is 5.81. The highest BCUT2D eigenvalue weighted by Gasteiger charge is 2.12. The number of nitrogens with zero attached hydrogens (tertiary/aromatic N) is 1. The van der Waals surface area contributed by atoms with E-state index in [0.717, 1.165) is 18.5 Å². The van der Waals surface area contributed by atoms with Crippen LogP contribution >= 0.6 is 0 Å². The summed E-state index contributed by atoms with van der Waals surface area (Å²) in [6.07, 6.45) is 0.967. The van der Waals surface area contributed by atoms with Gasteiger partial charge in [-0.05, 0) is 37.6 Å². The minimum Gasteiger partial charge on any atom is -0.504 e.